The van der Waals surface area contributed by atoms with Crippen molar-refractivity contribution in [2.24, 2.45) is 5.92 Å². The highest BCUT2D eigenvalue weighted by atomic mass is 19.1. The molecule has 0 fully saturated rings. The fourth-order valence-corrected chi connectivity index (χ4v) is 1.08. The van der Waals surface area contributed by atoms with E-state index in [1.165, 1.54) is 6.92 Å². The topological polar surface area (TPSA) is 44.0 Å². The molecule has 0 bridgehead atoms. The molecule has 0 aliphatic rings. The van der Waals surface area contributed by atoms with Gasteiger partial charge in [0.1, 0.15) is 11.6 Å². The molecule has 14 heavy (non-hydrogen) atoms. The fraction of sp³-hybridized carbons (Fsp3) is 0.300. The third-order valence-corrected chi connectivity index (χ3v) is 1.96. The molecular formula is C10H9F2NO. The Kier molecular flexibility index (Phi) is 3.15. The van der Waals surface area contributed by atoms with Gasteiger partial charge in [0.15, 0.2) is 0 Å². The Morgan fingerprint density at radius 2 is 2.07 bits per heavy atom. The summed E-state index contributed by atoms with van der Waals surface area (Å²) in [6.07, 6.45) is -1.22. The predicted octanol–water partition coefficient (Wildman–Crippen LogP) is 2.16. The first-order valence-electron chi connectivity index (χ1n) is 4.09. The lowest BCUT2D eigenvalue weighted by atomic mass is 9.98. The minimum absolute atomic E-state index is 0.0551. The van der Waals surface area contributed by atoms with Gasteiger partial charge >= 0.3 is 0 Å². The van der Waals surface area contributed by atoms with Crippen molar-refractivity contribution in [1.29, 1.82) is 5.26 Å². The molecule has 0 aliphatic heterocycles. The van der Waals surface area contributed by atoms with Gasteiger partial charge in [0.25, 0.3) is 0 Å². The molecule has 1 N–H and O–H groups in total. The van der Waals surface area contributed by atoms with Crippen molar-refractivity contribution in [3.63, 3.8) is 0 Å². The Morgan fingerprint density at radius 1 is 1.43 bits per heavy atom. The van der Waals surface area contributed by atoms with E-state index in [2.05, 4.69) is 0 Å². The monoisotopic (exact) mass is 197 g/mol. The van der Waals surface area contributed by atoms with E-state index in [1.807, 2.05) is 0 Å². The van der Waals surface area contributed by atoms with Crippen LogP contribution in [0.5, 0.6) is 0 Å². The van der Waals surface area contributed by atoms with Crippen LogP contribution in [-0.4, -0.2) is 5.11 Å². The molecule has 0 saturated heterocycles. The van der Waals surface area contributed by atoms with Crippen LogP contribution in [0.15, 0.2) is 18.2 Å². The summed E-state index contributed by atoms with van der Waals surface area (Å²) in [5, 5.41) is 18.0. The largest absolute Gasteiger partial charge is 0.387 e. The molecule has 2 nitrogen and oxygen atoms in total. The van der Waals surface area contributed by atoms with E-state index >= 15 is 0 Å². The van der Waals surface area contributed by atoms with Crippen LogP contribution in [0.4, 0.5) is 8.78 Å². The Balaban J connectivity index is 3.03. The van der Waals surface area contributed by atoms with Gasteiger partial charge in [-0.2, -0.15) is 5.26 Å². The molecule has 2 unspecified atom stereocenters. The standard InChI is InChI=1S/C10H9F2NO/c1-6(5-13)10(14)8-3-2-7(11)4-9(8)12/h2-4,6,10,14H,1H3. The lowest BCUT2D eigenvalue weighted by molar-refractivity contribution is 0.138. The Hall–Kier alpha value is -1.47. The molecule has 0 saturated carbocycles. The van der Waals surface area contributed by atoms with Crippen molar-refractivity contribution < 1.29 is 13.9 Å². The van der Waals surface area contributed by atoms with Crippen molar-refractivity contribution in [3.8, 4) is 6.07 Å². The van der Waals surface area contributed by atoms with Gasteiger partial charge in [-0.25, -0.2) is 8.78 Å². The van der Waals surface area contributed by atoms with Crippen molar-refractivity contribution >= 4 is 0 Å². The summed E-state index contributed by atoms with van der Waals surface area (Å²) in [5.41, 5.74) is -0.0551. The van der Waals surface area contributed by atoms with E-state index in [1.54, 1.807) is 6.07 Å². The van der Waals surface area contributed by atoms with Gasteiger partial charge in [-0.1, -0.05) is 6.07 Å². The van der Waals surface area contributed by atoms with Gasteiger partial charge in [-0.3, -0.25) is 0 Å². The van der Waals surface area contributed by atoms with Crippen molar-refractivity contribution in [2.45, 2.75) is 13.0 Å². The Bertz CT molecular complexity index is 373. The summed E-state index contributed by atoms with van der Waals surface area (Å²) in [4.78, 5) is 0. The number of hydrogen-bond acceptors (Lipinski definition) is 2. The van der Waals surface area contributed by atoms with Crippen LogP contribution in [0.2, 0.25) is 0 Å². The molecule has 1 aromatic rings. The molecule has 1 rings (SSSR count). The zero-order valence-electron chi connectivity index (χ0n) is 7.54. The van der Waals surface area contributed by atoms with Crippen molar-refractivity contribution in [1.82, 2.24) is 0 Å². The van der Waals surface area contributed by atoms with Gasteiger partial charge in [0, 0.05) is 11.6 Å². The summed E-state index contributed by atoms with van der Waals surface area (Å²) in [7, 11) is 0. The maximum absolute atomic E-state index is 13.1. The molecule has 0 amide bonds. The van der Waals surface area contributed by atoms with Gasteiger partial charge < -0.3 is 5.11 Å². The predicted molar refractivity (Wildman–Crippen MR) is 46.1 cm³/mol. The third-order valence-electron chi connectivity index (χ3n) is 1.96. The number of rotatable bonds is 2. The smallest absolute Gasteiger partial charge is 0.131 e. The van der Waals surface area contributed by atoms with E-state index in [0.29, 0.717) is 6.07 Å². The molecular weight excluding hydrogens is 188 g/mol. The third kappa shape index (κ3) is 2.06. The lowest BCUT2D eigenvalue weighted by Gasteiger charge is -2.13. The first-order valence-corrected chi connectivity index (χ1v) is 4.09. The highest BCUT2D eigenvalue weighted by Gasteiger charge is 2.19. The highest BCUT2D eigenvalue weighted by molar-refractivity contribution is 5.22. The molecule has 0 radical (unpaired) electrons. The van der Waals surface area contributed by atoms with Crippen LogP contribution < -0.4 is 0 Å². The fourth-order valence-electron chi connectivity index (χ4n) is 1.08. The van der Waals surface area contributed by atoms with E-state index in [4.69, 9.17) is 5.26 Å². The van der Waals surface area contributed by atoms with Crippen LogP contribution in [0.25, 0.3) is 0 Å². The number of nitriles is 1. The van der Waals surface area contributed by atoms with Crippen LogP contribution in [0.1, 0.15) is 18.6 Å². The minimum atomic E-state index is -1.22. The summed E-state index contributed by atoms with van der Waals surface area (Å²) >= 11 is 0. The second kappa shape index (κ2) is 4.16. The van der Waals surface area contributed by atoms with E-state index in [0.717, 1.165) is 12.1 Å². The highest BCUT2D eigenvalue weighted by Crippen LogP contribution is 2.24. The van der Waals surface area contributed by atoms with Crippen LogP contribution in [-0.2, 0) is 0 Å². The second-order valence-corrected chi connectivity index (χ2v) is 3.03. The number of aliphatic hydroxyl groups excluding tert-OH is 1. The number of benzene rings is 1. The average Bonchev–Trinajstić information content (AvgIpc) is 2.15. The molecule has 4 heteroatoms. The molecule has 2 atom stereocenters. The zero-order chi connectivity index (χ0) is 10.7. The van der Waals surface area contributed by atoms with Gasteiger partial charge in [0.2, 0.25) is 0 Å². The quantitative estimate of drug-likeness (QED) is 0.789. The van der Waals surface area contributed by atoms with Crippen LogP contribution in [0.3, 0.4) is 0 Å². The number of aliphatic hydroxyl groups is 1. The summed E-state index contributed by atoms with van der Waals surface area (Å²) in [6, 6.07) is 4.67. The van der Waals surface area contributed by atoms with Crippen LogP contribution in [0, 0.1) is 28.9 Å². The molecule has 0 heterocycles. The number of hydrogen-bond donors (Lipinski definition) is 1. The number of halogens is 2. The second-order valence-electron chi connectivity index (χ2n) is 3.03. The van der Waals surface area contributed by atoms with Gasteiger partial charge in [0.05, 0.1) is 18.1 Å². The first kappa shape index (κ1) is 10.6. The maximum Gasteiger partial charge on any atom is 0.131 e. The van der Waals surface area contributed by atoms with Crippen molar-refractivity contribution in [2.75, 3.05) is 0 Å². The van der Waals surface area contributed by atoms with E-state index in [9.17, 15) is 13.9 Å². The molecule has 0 aromatic heterocycles. The number of nitrogens with zero attached hydrogens (tertiary/aromatic N) is 1. The summed E-state index contributed by atoms with van der Waals surface area (Å²) < 4.78 is 25.6. The minimum Gasteiger partial charge on any atom is -0.387 e. The van der Waals surface area contributed by atoms with Gasteiger partial charge in [-0.05, 0) is 13.0 Å². The molecule has 1 aromatic carbocycles. The Morgan fingerprint density at radius 3 is 2.57 bits per heavy atom. The van der Waals surface area contributed by atoms with Crippen molar-refractivity contribution in [3.05, 3.63) is 35.4 Å². The maximum atomic E-state index is 13.1. The van der Waals surface area contributed by atoms with Gasteiger partial charge in [-0.15, -0.1) is 0 Å². The SMILES string of the molecule is CC(C#N)C(O)c1ccc(F)cc1F. The van der Waals surface area contributed by atoms with E-state index < -0.39 is 23.7 Å². The van der Waals surface area contributed by atoms with Crippen LogP contribution >= 0.6 is 0 Å². The summed E-state index contributed by atoms with van der Waals surface area (Å²) in [5.74, 6) is -2.27. The lowest BCUT2D eigenvalue weighted by Crippen LogP contribution is -2.09. The molecule has 0 aliphatic carbocycles. The first-order chi connectivity index (χ1) is 6.56. The molecule has 0 spiro atoms. The Labute approximate surface area is 80.4 Å². The molecule has 74 valence electrons. The average molecular weight is 197 g/mol. The summed E-state index contributed by atoms with van der Waals surface area (Å²) in [6.45, 7) is 1.47. The normalized spacial score (nSPS) is 14.5. The van der Waals surface area contributed by atoms with E-state index in [-0.39, 0.29) is 5.56 Å². The zero-order valence-corrected chi connectivity index (χ0v) is 7.54.